The number of nitrogens with zero attached hydrogens (tertiary/aromatic N) is 1. The molecule has 2 fully saturated rings. The molecule has 222 valence electrons. The third-order valence-corrected chi connectivity index (χ3v) is 8.78. The molecule has 2 amide bonds. The van der Waals surface area contributed by atoms with Crippen LogP contribution >= 0.6 is 0 Å². The lowest BCUT2D eigenvalue weighted by Gasteiger charge is -2.29. The number of hydrogen-bond donors (Lipinski definition) is 4. The molecule has 4 N–H and O–H groups in total. The molecule has 2 heterocycles. The van der Waals surface area contributed by atoms with Crippen LogP contribution < -0.4 is 16.0 Å². The fourth-order valence-corrected chi connectivity index (χ4v) is 6.50. The van der Waals surface area contributed by atoms with E-state index in [0.717, 1.165) is 24.6 Å². The van der Waals surface area contributed by atoms with E-state index in [1.807, 2.05) is 12.1 Å². The number of amides is 2. The van der Waals surface area contributed by atoms with Gasteiger partial charge in [0.1, 0.15) is 5.54 Å². The SMILES string of the molecule is Cn1c(C2CCCCN2)c(C2CCCCC2)c2ccc(C(=O)NC(C)(C)C(=O)Nc3ccc(/C=C/C(=O)O)cc3)cc21. The molecule has 1 aromatic heterocycles. The molecule has 1 aliphatic heterocycles. The van der Waals surface area contributed by atoms with Crippen molar-refractivity contribution in [3.63, 3.8) is 0 Å². The highest BCUT2D eigenvalue weighted by Gasteiger charge is 2.32. The lowest BCUT2D eigenvalue weighted by Crippen LogP contribution is -2.52. The maximum atomic E-state index is 13.5. The van der Waals surface area contributed by atoms with E-state index in [1.54, 1.807) is 38.1 Å². The van der Waals surface area contributed by atoms with Crippen LogP contribution in [0.2, 0.25) is 0 Å². The Hall–Kier alpha value is -3.91. The largest absolute Gasteiger partial charge is 0.478 e. The molecule has 0 spiro atoms. The van der Waals surface area contributed by atoms with E-state index in [-0.39, 0.29) is 11.8 Å². The number of benzene rings is 2. The number of carbonyl (C=O) groups excluding carboxylic acids is 2. The summed E-state index contributed by atoms with van der Waals surface area (Å²) in [6.07, 6.45) is 12.4. The molecule has 8 heteroatoms. The van der Waals surface area contributed by atoms with E-state index >= 15 is 0 Å². The van der Waals surface area contributed by atoms with E-state index in [9.17, 15) is 14.4 Å². The quantitative estimate of drug-likeness (QED) is 0.238. The van der Waals surface area contributed by atoms with E-state index in [4.69, 9.17) is 5.11 Å². The first-order valence-electron chi connectivity index (χ1n) is 15.1. The molecule has 1 unspecified atom stereocenters. The first kappa shape index (κ1) is 29.6. The van der Waals surface area contributed by atoms with Crippen molar-refractivity contribution < 1.29 is 19.5 Å². The highest BCUT2D eigenvalue weighted by atomic mass is 16.4. The number of piperidine rings is 1. The van der Waals surface area contributed by atoms with E-state index in [1.165, 1.54) is 67.7 Å². The number of carbonyl (C=O) groups is 3. The number of fused-ring (bicyclic) bond motifs is 1. The standard InChI is InChI=1S/C34H42N4O4/c1-34(2,33(42)36-25-16-12-22(13-17-25)14-19-29(39)40)37-32(41)24-15-18-26-28(21-24)38(3)31(27-11-7-8-20-35-27)30(26)23-9-5-4-6-10-23/h12-19,21,23,27,35H,4-11,20H2,1-3H3,(H,36,42)(H,37,41)(H,39,40)/b19-14+. The minimum Gasteiger partial charge on any atom is -0.478 e. The summed E-state index contributed by atoms with van der Waals surface area (Å²) in [5.74, 6) is -1.13. The third kappa shape index (κ3) is 6.44. The average molecular weight is 571 g/mol. The maximum Gasteiger partial charge on any atom is 0.328 e. The fraction of sp³-hybridized carbons (Fsp3) is 0.441. The minimum atomic E-state index is -1.17. The number of aliphatic carboxylic acids is 1. The van der Waals surface area contributed by atoms with Crippen LogP contribution in [0.15, 0.2) is 48.5 Å². The van der Waals surface area contributed by atoms with Gasteiger partial charge in [0.15, 0.2) is 0 Å². The van der Waals surface area contributed by atoms with Crippen molar-refractivity contribution in [3.05, 3.63) is 70.9 Å². The Morgan fingerprint density at radius 1 is 0.976 bits per heavy atom. The summed E-state index contributed by atoms with van der Waals surface area (Å²) < 4.78 is 2.30. The summed E-state index contributed by atoms with van der Waals surface area (Å²) in [5, 5.41) is 19.6. The van der Waals surface area contributed by atoms with Gasteiger partial charge in [0.2, 0.25) is 5.91 Å². The van der Waals surface area contributed by atoms with Crippen molar-refractivity contribution in [1.29, 1.82) is 0 Å². The van der Waals surface area contributed by atoms with Crippen molar-refractivity contribution in [3.8, 4) is 0 Å². The Labute approximate surface area is 247 Å². The predicted molar refractivity (Wildman–Crippen MR) is 167 cm³/mol. The molecule has 2 aromatic carbocycles. The van der Waals surface area contributed by atoms with Gasteiger partial charge in [0, 0.05) is 47.0 Å². The molecule has 1 aliphatic carbocycles. The molecule has 1 saturated carbocycles. The molecule has 5 rings (SSSR count). The van der Waals surface area contributed by atoms with Gasteiger partial charge in [-0.1, -0.05) is 43.9 Å². The highest BCUT2D eigenvalue weighted by Crippen LogP contribution is 2.43. The Morgan fingerprint density at radius 3 is 2.36 bits per heavy atom. The lowest BCUT2D eigenvalue weighted by atomic mass is 9.81. The zero-order valence-electron chi connectivity index (χ0n) is 24.8. The summed E-state index contributed by atoms with van der Waals surface area (Å²) in [7, 11) is 2.13. The number of anilines is 1. The molecule has 8 nitrogen and oxygen atoms in total. The topological polar surface area (TPSA) is 112 Å². The lowest BCUT2D eigenvalue weighted by molar-refractivity contribution is -0.131. The van der Waals surface area contributed by atoms with Crippen LogP contribution in [0.1, 0.15) is 104 Å². The van der Waals surface area contributed by atoms with Gasteiger partial charge in [-0.05, 0) is 93.5 Å². The molecule has 0 bridgehead atoms. The van der Waals surface area contributed by atoms with Crippen molar-refractivity contribution in [2.24, 2.45) is 7.05 Å². The molecule has 0 radical (unpaired) electrons. The number of aromatic nitrogens is 1. The molecule has 2 aliphatic rings. The van der Waals surface area contributed by atoms with Crippen LogP contribution in [0.25, 0.3) is 17.0 Å². The number of carboxylic acids is 1. The van der Waals surface area contributed by atoms with E-state index in [0.29, 0.717) is 28.8 Å². The van der Waals surface area contributed by atoms with Crippen LogP contribution in [-0.2, 0) is 16.6 Å². The molecular weight excluding hydrogens is 528 g/mol. The monoisotopic (exact) mass is 570 g/mol. The van der Waals surface area contributed by atoms with Crippen molar-refractivity contribution in [2.45, 2.75) is 82.7 Å². The smallest absolute Gasteiger partial charge is 0.328 e. The second kappa shape index (κ2) is 12.5. The van der Waals surface area contributed by atoms with Crippen LogP contribution in [0, 0.1) is 0 Å². The van der Waals surface area contributed by atoms with Gasteiger partial charge in [-0.2, -0.15) is 0 Å². The van der Waals surface area contributed by atoms with Gasteiger partial charge in [0.25, 0.3) is 5.91 Å². The van der Waals surface area contributed by atoms with Crippen LogP contribution in [0.5, 0.6) is 0 Å². The summed E-state index contributed by atoms with van der Waals surface area (Å²) in [6, 6.07) is 13.1. The first-order valence-corrected chi connectivity index (χ1v) is 15.1. The molecule has 1 saturated heterocycles. The van der Waals surface area contributed by atoms with Gasteiger partial charge in [-0.15, -0.1) is 0 Å². The highest BCUT2D eigenvalue weighted by molar-refractivity contribution is 6.04. The zero-order valence-corrected chi connectivity index (χ0v) is 24.8. The Morgan fingerprint density at radius 2 is 1.69 bits per heavy atom. The molecule has 3 aromatic rings. The maximum absolute atomic E-state index is 13.5. The number of hydrogen-bond acceptors (Lipinski definition) is 4. The van der Waals surface area contributed by atoms with Crippen molar-refractivity contribution >= 4 is 40.4 Å². The van der Waals surface area contributed by atoms with Crippen LogP contribution in [0.4, 0.5) is 5.69 Å². The zero-order chi connectivity index (χ0) is 29.9. The van der Waals surface area contributed by atoms with Crippen molar-refractivity contribution in [2.75, 3.05) is 11.9 Å². The van der Waals surface area contributed by atoms with Gasteiger partial charge in [-0.3, -0.25) is 9.59 Å². The summed E-state index contributed by atoms with van der Waals surface area (Å²) >= 11 is 0. The number of nitrogens with one attached hydrogen (secondary N) is 3. The summed E-state index contributed by atoms with van der Waals surface area (Å²) in [5.41, 5.74) is 4.50. The molecule has 1 atom stereocenters. The number of aryl methyl sites for hydroxylation is 1. The fourth-order valence-electron chi connectivity index (χ4n) is 6.50. The Bertz CT molecular complexity index is 1490. The van der Waals surface area contributed by atoms with Crippen LogP contribution in [0.3, 0.4) is 0 Å². The number of carboxylic acid groups (broad SMARTS) is 1. The minimum absolute atomic E-state index is 0.302. The van der Waals surface area contributed by atoms with E-state index < -0.39 is 11.5 Å². The second-order valence-corrected chi connectivity index (χ2v) is 12.3. The van der Waals surface area contributed by atoms with Gasteiger partial charge < -0.3 is 25.6 Å². The van der Waals surface area contributed by atoms with Gasteiger partial charge >= 0.3 is 5.97 Å². The number of rotatable bonds is 8. The van der Waals surface area contributed by atoms with Crippen LogP contribution in [-0.4, -0.2) is 39.5 Å². The predicted octanol–water partition coefficient (Wildman–Crippen LogP) is 6.29. The normalized spacial score (nSPS) is 18.3. The third-order valence-electron chi connectivity index (χ3n) is 8.78. The van der Waals surface area contributed by atoms with Crippen molar-refractivity contribution in [1.82, 2.24) is 15.2 Å². The summed E-state index contributed by atoms with van der Waals surface area (Å²) in [4.78, 5) is 37.3. The molecule has 42 heavy (non-hydrogen) atoms. The Balaban J connectivity index is 1.36. The Kier molecular flexibility index (Phi) is 8.82. The van der Waals surface area contributed by atoms with Gasteiger partial charge in [-0.25, -0.2) is 4.79 Å². The average Bonchev–Trinajstić information content (AvgIpc) is 3.28. The van der Waals surface area contributed by atoms with Gasteiger partial charge in [0.05, 0.1) is 0 Å². The molecular formula is C34H42N4O4. The first-order chi connectivity index (χ1) is 20.1. The second-order valence-electron chi connectivity index (χ2n) is 12.3. The summed E-state index contributed by atoms with van der Waals surface area (Å²) in [6.45, 7) is 4.39. The van der Waals surface area contributed by atoms with E-state index in [2.05, 4.69) is 33.6 Å².